The standard InChI is InChI=1S/C5H8N2O2/c8-3-5(9)4-1-2-6-7-4/h3-4,6-7H,1-2H2. The van der Waals surface area contributed by atoms with E-state index >= 15 is 0 Å². The Morgan fingerprint density at radius 2 is 2.44 bits per heavy atom. The summed E-state index contributed by atoms with van der Waals surface area (Å²) in [6.07, 6.45) is 1.06. The van der Waals surface area contributed by atoms with Gasteiger partial charge in [0.2, 0.25) is 5.78 Å². The summed E-state index contributed by atoms with van der Waals surface area (Å²) in [5.41, 5.74) is 5.43. The minimum absolute atomic E-state index is 0.289. The number of hydrazine groups is 1. The zero-order chi connectivity index (χ0) is 6.69. The van der Waals surface area contributed by atoms with Gasteiger partial charge in [0.1, 0.15) is 0 Å². The quantitative estimate of drug-likeness (QED) is 0.355. The van der Waals surface area contributed by atoms with Gasteiger partial charge in [-0.1, -0.05) is 0 Å². The largest absolute Gasteiger partial charge is 0.295 e. The van der Waals surface area contributed by atoms with Crippen molar-refractivity contribution in [3.8, 4) is 0 Å². The summed E-state index contributed by atoms with van der Waals surface area (Å²) in [5, 5.41) is 0. The van der Waals surface area contributed by atoms with Crippen molar-refractivity contribution in [2.75, 3.05) is 6.54 Å². The van der Waals surface area contributed by atoms with E-state index in [4.69, 9.17) is 0 Å². The molecule has 1 heterocycles. The Hall–Kier alpha value is -0.740. The van der Waals surface area contributed by atoms with Crippen molar-refractivity contribution in [1.82, 2.24) is 10.9 Å². The summed E-state index contributed by atoms with van der Waals surface area (Å²) in [7, 11) is 0. The molecule has 50 valence electrons. The van der Waals surface area contributed by atoms with E-state index in [1.807, 2.05) is 0 Å². The molecule has 0 aromatic carbocycles. The maximum Gasteiger partial charge on any atom is 0.213 e. The second-order valence-electron chi connectivity index (χ2n) is 1.93. The molecule has 0 spiro atoms. The van der Waals surface area contributed by atoms with Crippen molar-refractivity contribution in [2.45, 2.75) is 12.5 Å². The Morgan fingerprint density at radius 3 is 2.89 bits per heavy atom. The predicted octanol–water partition coefficient (Wildman–Crippen LogP) is -1.38. The molecule has 1 aliphatic rings. The molecule has 1 atom stereocenters. The normalized spacial score (nSPS) is 26.0. The molecule has 0 aliphatic carbocycles. The molecule has 1 saturated heterocycles. The minimum atomic E-state index is -0.375. The summed E-state index contributed by atoms with van der Waals surface area (Å²) < 4.78 is 0. The zero-order valence-corrected chi connectivity index (χ0v) is 4.89. The molecule has 0 aromatic rings. The molecule has 1 fully saturated rings. The summed E-state index contributed by atoms with van der Waals surface area (Å²) in [5.74, 6) is -0.375. The first kappa shape index (κ1) is 6.38. The average molecular weight is 128 g/mol. The average Bonchev–Trinajstić information content (AvgIpc) is 2.37. The van der Waals surface area contributed by atoms with Crippen LogP contribution in [0.3, 0.4) is 0 Å². The van der Waals surface area contributed by atoms with Gasteiger partial charge in [0.15, 0.2) is 6.29 Å². The van der Waals surface area contributed by atoms with Crippen LogP contribution in [0.15, 0.2) is 0 Å². The van der Waals surface area contributed by atoms with Crippen LogP contribution in [-0.4, -0.2) is 24.7 Å². The van der Waals surface area contributed by atoms with E-state index in [1.54, 1.807) is 0 Å². The smallest absolute Gasteiger partial charge is 0.213 e. The van der Waals surface area contributed by atoms with Gasteiger partial charge < -0.3 is 0 Å². The number of carbonyl (C=O) groups is 2. The number of rotatable bonds is 2. The van der Waals surface area contributed by atoms with Gasteiger partial charge in [0.25, 0.3) is 0 Å². The van der Waals surface area contributed by atoms with Crippen LogP contribution in [0.4, 0.5) is 0 Å². The van der Waals surface area contributed by atoms with Crippen molar-refractivity contribution in [2.24, 2.45) is 0 Å². The predicted molar refractivity (Wildman–Crippen MR) is 30.6 cm³/mol. The molecule has 0 radical (unpaired) electrons. The summed E-state index contributed by atoms with van der Waals surface area (Å²) in [6.45, 7) is 0.754. The number of hydrogen-bond acceptors (Lipinski definition) is 4. The van der Waals surface area contributed by atoms with Gasteiger partial charge in [0, 0.05) is 6.54 Å². The second-order valence-corrected chi connectivity index (χ2v) is 1.93. The van der Waals surface area contributed by atoms with E-state index in [2.05, 4.69) is 10.9 Å². The highest BCUT2D eigenvalue weighted by molar-refractivity contribution is 6.27. The van der Waals surface area contributed by atoms with E-state index < -0.39 is 0 Å². The van der Waals surface area contributed by atoms with Gasteiger partial charge >= 0.3 is 0 Å². The second kappa shape index (κ2) is 2.70. The number of ketones is 1. The maximum absolute atomic E-state index is 10.5. The van der Waals surface area contributed by atoms with E-state index in [9.17, 15) is 9.59 Å². The highest BCUT2D eigenvalue weighted by Crippen LogP contribution is 1.94. The molecule has 4 nitrogen and oxygen atoms in total. The van der Waals surface area contributed by atoms with Gasteiger partial charge in [-0.25, -0.2) is 5.43 Å². The third-order valence-corrected chi connectivity index (χ3v) is 1.29. The van der Waals surface area contributed by atoms with Gasteiger partial charge in [0.05, 0.1) is 6.04 Å². The Kier molecular flexibility index (Phi) is 1.92. The monoisotopic (exact) mass is 128 g/mol. The lowest BCUT2D eigenvalue weighted by molar-refractivity contribution is -0.131. The van der Waals surface area contributed by atoms with Gasteiger partial charge in [-0.3, -0.25) is 15.0 Å². The van der Waals surface area contributed by atoms with Crippen molar-refractivity contribution in [3.05, 3.63) is 0 Å². The first-order chi connectivity index (χ1) is 4.34. The molecule has 0 aromatic heterocycles. The third-order valence-electron chi connectivity index (χ3n) is 1.29. The van der Waals surface area contributed by atoms with Crippen LogP contribution in [0.2, 0.25) is 0 Å². The summed E-state index contributed by atoms with van der Waals surface area (Å²) in [6, 6.07) is -0.289. The van der Waals surface area contributed by atoms with Crippen LogP contribution in [0.1, 0.15) is 6.42 Å². The fraction of sp³-hybridized carbons (Fsp3) is 0.600. The van der Waals surface area contributed by atoms with E-state index in [0.29, 0.717) is 12.7 Å². The Bertz CT molecular complexity index is 129. The molecule has 1 rings (SSSR count). The molecular weight excluding hydrogens is 120 g/mol. The minimum Gasteiger partial charge on any atom is -0.295 e. The number of carbonyl (C=O) groups excluding carboxylic acids is 2. The Labute approximate surface area is 52.6 Å². The lowest BCUT2D eigenvalue weighted by Gasteiger charge is -1.99. The third kappa shape index (κ3) is 1.34. The first-order valence-corrected chi connectivity index (χ1v) is 2.82. The van der Waals surface area contributed by atoms with E-state index in [-0.39, 0.29) is 11.8 Å². The van der Waals surface area contributed by atoms with Gasteiger partial charge in [-0.15, -0.1) is 0 Å². The molecule has 1 unspecified atom stereocenters. The van der Waals surface area contributed by atoms with Crippen LogP contribution in [-0.2, 0) is 9.59 Å². The maximum atomic E-state index is 10.5. The van der Waals surface area contributed by atoms with Crippen molar-refractivity contribution >= 4 is 12.1 Å². The Morgan fingerprint density at radius 1 is 1.67 bits per heavy atom. The van der Waals surface area contributed by atoms with Crippen LogP contribution >= 0.6 is 0 Å². The fourth-order valence-corrected chi connectivity index (χ4v) is 0.780. The molecule has 1 aliphatic heterocycles. The van der Waals surface area contributed by atoms with Crippen molar-refractivity contribution < 1.29 is 9.59 Å². The number of nitrogens with one attached hydrogen (secondary N) is 2. The lowest BCUT2D eigenvalue weighted by Crippen LogP contribution is -2.36. The highest BCUT2D eigenvalue weighted by atomic mass is 16.2. The topological polar surface area (TPSA) is 58.2 Å². The summed E-state index contributed by atoms with van der Waals surface area (Å²) in [4.78, 5) is 20.4. The van der Waals surface area contributed by atoms with Crippen molar-refractivity contribution in [1.29, 1.82) is 0 Å². The zero-order valence-electron chi connectivity index (χ0n) is 4.89. The molecule has 9 heavy (non-hydrogen) atoms. The highest BCUT2D eigenvalue weighted by Gasteiger charge is 2.20. The molecule has 0 amide bonds. The van der Waals surface area contributed by atoms with Crippen LogP contribution in [0, 0.1) is 0 Å². The SMILES string of the molecule is O=CC(=O)C1CCNN1. The number of hydrogen-bond donors (Lipinski definition) is 2. The van der Waals surface area contributed by atoms with E-state index in [0.717, 1.165) is 6.54 Å². The Balaban J connectivity index is 2.41. The van der Waals surface area contributed by atoms with Gasteiger partial charge in [-0.2, -0.15) is 0 Å². The van der Waals surface area contributed by atoms with Gasteiger partial charge in [-0.05, 0) is 6.42 Å². The fourth-order valence-electron chi connectivity index (χ4n) is 0.780. The molecule has 0 saturated carbocycles. The van der Waals surface area contributed by atoms with E-state index in [1.165, 1.54) is 0 Å². The lowest BCUT2D eigenvalue weighted by atomic mass is 10.2. The summed E-state index contributed by atoms with van der Waals surface area (Å²) >= 11 is 0. The molecule has 2 N–H and O–H groups in total. The van der Waals surface area contributed by atoms with Crippen LogP contribution < -0.4 is 10.9 Å². The number of aldehydes is 1. The molecular formula is C5H8N2O2. The van der Waals surface area contributed by atoms with Crippen molar-refractivity contribution in [3.63, 3.8) is 0 Å². The molecule has 4 heteroatoms. The number of Topliss-reactive ketones (excluding diaryl/α,β-unsaturated/α-hetero) is 1. The molecule has 0 bridgehead atoms. The first-order valence-electron chi connectivity index (χ1n) is 2.82. The van der Waals surface area contributed by atoms with Crippen LogP contribution in [0.25, 0.3) is 0 Å². The van der Waals surface area contributed by atoms with Crippen LogP contribution in [0.5, 0.6) is 0 Å².